The maximum atomic E-state index is 5.41. The van der Waals surface area contributed by atoms with Gasteiger partial charge in [0, 0.05) is 5.41 Å². The molecule has 41 heavy (non-hydrogen) atoms. The Morgan fingerprint density at radius 3 is 0.902 bits per heavy atom. The van der Waals surface area contributed by atoms with Gasteiger partial charge in [-0.15, -0.1) is 0 Å². The maximum absolute atomic E-state index is 5.41. The second-order valence-corrected chi connectivity index (χ2v) is 11.5. The van der Waals surface area contributed by atoms with Crippen LogP contribution < -0.4 is 9.47 Å². The molecule has 0 spiro atoms. The standard InChI is InChI=1S/C39H28O2/c1-39(2,33-17-11-27(12-18-33)25-3-7-29(8-4-25)31-15-21-35-37(23-31)40-35)34-19-13-28(14-20-34)26-5-9-30(10-6-26)32-16-22-36-38(24-32)41-36/h3-24H,1-2H3. The van der Waals surface area contributed by atoms with E-state index in [1.165, 1.54) is 55.6 Å². The molecule has 6 aromatic rings. The van der Waals surface area contributed by atoms with Gasteiger partial charge in [-0.2, -0.15) is 0 Å². The highest BCUT2D eigenvalue weighted by atomic mass is 16.6. The van der Waals surface area contributed by atoms with Crippen LogP contribution in [0.5, 0.6) is 23.0 Å². The average molecular weight is 529 g/mol. The molecule has 0 bridgehead atoms. The lowest BCUT2D eigenvalue weighted by molar-refractivity contribution is 0.641. The van der Waals surface area contributed by atoms with Crippen molar-refractivity contribution in [3.05, 3.63) is 145 Å². The van der Waals surface area contributed by atoms with Crippen LogP contribution in [0.3, 0.4) is 0 Å². The minimum absolute atomic E-state index is 0.110. The first-order valence-electron chi connectivity index (χ1n) is 14.1. The normalized spacial score (nSPS) is 12.5. The Morgan fingerprint density at radius 1 is 0.317 bits per heavy atom. The molecular weight excluding hydrogens is 500 g/mol. The summed E-state index contributed by atoms with van der Waals surface area (Å²) < 4.78 is 10.8. The quantitative estimate of drug-likeness (QED) is 0.201. The zero-order chi connectivity index (χ0) is 27.6. The minimum atomic E-state index is -0.110. The summed E-state index contributed by atoms with van der Waals surface area (Å²) >= 11 is 0. The molecule has 0 amide bonds. The van der Waals surface area contributed by atoms with E-state index in [0.717, 1.165) is 23.0 Å². The first-order valence-corrected chi connectivity index (χ1v) is 14.1. The molecule has 2 nitrogen and oxygen atoms in total. The highest BCUT2D eigenvalue weighted by Crippen LogP contribution is 2.48. The van der Waals surface area contributed by atoms with Gasteiger partial charge in [0.25, 0.3) is 0 Å². The monoisotopic (exact) mass is 528 g/mol. The van der Waals surface area contributed by atoms with Crippen LogP contribution in [-0.4, -0.2) is 0 Å². The Kier molecular flexibility index (Phi) is 5.20. The van der Waals surface area contributed by atoms with Gasteiger partial charge in [-0.25, -0.2) is 0 Å². The van der Waals surface area contributed by atoms with Crippen molar-refractivity contribution in [2.24, 2.45) is 0 Å². The summed E-state index contributed by atoms with van der Waals surface area (Å²) in [4.78, 5) is 0. The molecule has 0 fully saturated rings. The van der Waals surface area contributed by atoms with Gasteiger partial charge in [0.15, 0.2) is 23.0 Å². The fourth-order valence-corrected chi connectivity index (χ4v) is 5.72. The van der Waals surface area contributed by atoms with Gasteiger partial charge in [-0.05, 0) is 79.9 Å². The zero-order valence-electron chi connectivity index (χ0n) is 23.0. The molecule has 196 valence electrons. The van der Waals surface area contributed by atoms with E-state index in [-0.39, 0.29) is 5.41 Å². The third-order valence-corrected chi connectivity index (χ3v) is 8.56. The molecule has 0 saturated carbocycles. The number of rotatable bonds is 6. The number of benzene rings is 6. The van der Waals surface area contributed by atoms with Crippen LogP contribution >= 0.6 is 0 Å². The molecule has 0 atom stereocenters. The molecule has 8 rings (SSSR count). The SMILES string of the molecule is CC(C)(c1ccc(-c2ccc(-c3ccc4c(c3)O4)cc2)cc1)c1ccc(-c2ccc(-c3ccc4c(c3)O4)cc2)cc1. The molecule has 0 N–H and O–H groups in total. The van der Waals surface area contributed by atoms with Gasteiger partial charge >= 0.3 is 0 Å². The van der Waals surface area contributed by atoms with E-state index in [0.29, 0.717) is 0 Å². The molecule has 2 aliphatic heterocycles. The van der Waals surface area contributed by atoms with E-state index in [4.69, 9.17) is 9.47 Å². The highest BCUT2D eigenvalue weighted by molar-refractivity contribution is 5.75. The van der Waals surface area contributed by atoms with Crippen molar-refractivity contribution in [1.29, 1.82) is 0 Å². The van der Waals surface area contributed by atoms with Crippen LogP contribution in [0, 0.1) is 0 Å². The summed E-state index contributed by atoms with van der Waals surface area (Å²) in [5, 5.41) is 0. The largest absolute Gasteiger partial charge is 0.449 e. The van der Waals surface area contributed by atoms with Gasteiger partial charge < -0.3 is 9.47 Å². The van der Waals surface area contributed by atoms with Crippen LogP contribution in [0.2, 0.25) is 0 Å². The van der Waals surface area contributed by atoms with Crippen molar-refractivity contribution in [3.8, 4) is 67.5 Å². The van der Waals surface area contributed by atoms with Gasteiger partial charge in [-0.3, -0.25) is 0 Å². The average Bonchev–Trinajstić information content (AvgIpc) is 3.96. The molecule has 0 unspecified atom stereocenters. The fraction of sp³-hybridized carbons (Fsp3) is 0.0769. The van der Waals surface area contributed by atoms with Crippen molar-refractivity contribution in [1.82, 2.24) is 0 Å². The van der Waals surface area contributed by atoms with E-state index >= 15 is 0 Å². The highest BCUT2D eigenvalue weighted by Gasteiger charge is 2.24. The first-order chi connectivity index (χ1) is 20.0. The molecule has 0 aromatic heterocycles. The van der Waals surface area contributed by atoms with Crippen molar-refractivity contribution in [2.45, 2.75) is 19.3 Å². The van der Waals surface area contributed by atoms with E-state index in [9.17, 15) is 0 Å². The molecule has 0 saturated heterocycles. The minimum Gasteiger partial charge on any atom is -0.449 e. The van der Waals surface area contributed by atoms with E-state index in [1.54, 1.807) is 0 Å². The van der Waals surface area contributed by atoms with Gasteiger partial charge in [0.1, 0.15) is 0 Å². The Bertz CT molecular complexity index is 1770. The maximum Gasteiger partial charge on any atom is 0.170 e. The van der Waals surface area contributed by atoms with E-state index in [1.807, 2.05) is 12.1 Å². The van der Waals surface area contributed by atoms with Crippen LogP contribution in [0.4, 0.5) is 0 Å². The number of fused-ring (bicyclic) bond motifs is 2. The smallest absolute Gasteiger partial charge is 0.170 e. The zero-order valence-corrected chi connectivity index (χ0v) is 23.0. The Morgan fingerprint density at radius 2 is 0.585 bits per heavy atom. The van der Waals surface area contributed by atoms with E-state index < -0.39 is 0 Å². The lowest BCUT2D eigenvalue weighted by atomic mass is 9.77. The van der Waals surface area contributed by atoms with Crippen LogP contribution in [0.15, 0.2) is 133 Å². The van der Waals surface area contributed by atoms with Gasteiger partial charge in [0.05, 0.1) is 0 Å². The molecular formula is C39H28O2. The van der Waals surface area contributed by atoms with Crippen molar-refractivity contribution in [2.75, 3.05) is 0 Å². The summed E-state index contributed by atoms with van der Waals surface area (Å²) in [5.41, 5.74) is 12.1. The predicted octanol–water partition coefficient (Wildman–Crippen LogP) is 10.9. The summed E-state index contributed by atoms with van der Waals surface area (Å²) in [6.45, 7) is 4.60. The van der Waals surface area contributed by atoms with Crippen molar-refractivity contribution >= 4 is 0 Å². The molecule has 2 heterocycles. The van der Waals surface area contributed by atoms with Crippen LogP contribution in [0.25, 0.3) is 44.5 Å². The van der Waals surface area contributed by atoms with E-state index in [2.05, 4.69) is 135 Å². The fourth-order valence-electron chi connectivity index (χ4n) is 5.72. The molecule has 0 aliphatic carbocycles. The van der Waals surface area contributed by atoms with Crippen molar-refractivity contribution in [3.63, 3.8) is 0 Å². The lowest BCUT2D eigenvalue weighted by Gasteiger charge is -2.26. The number of hydrogen-bond acceptors (Lipinski definition) is 2. The second-order valence-electron chi connectivity index (χ2n) is 11.5. The Hall–Kier alpha value is -5.08. The van der Waals surface area contributed by atoms with Gasteiger partial charge in [0.2, 0.25) is 0 Å². The van der Waals surface area contributed by atoms with Gasteiger partial charge in [-0.1, -0.05) is 123 Å². The lowest BCUT2D eigenvalue weighted by Crippen LogP contribution is -2.18. The summed E-state index contributed by atoms with van der Waals surface area (Å²) in [6.07, 6.45) is 0. The topological polar surface area (TPSA) is 25.1 Å². The number of ether oxygens (including phenoxy) is 2. The van der Waals surface area contributed by atoms with Crippen molar-refractivity contribution < 1.29 is 9.47 Å². The molecule has 2 aliphatic rings. The number of hydrogen-bond donors (Lipinski definition) is 0. The Balaban J connectivity index is 0.981. The first kappa shape index (κ1) is 23.8. The predicted molar refractivity (Wildman–Crippen MR) is 167 cm³/mol. The summed E-state index contributed by atoms with van der Waals surface area (Å²) in [5.74, 6) is 3.96. The Labute approximate surface area is 240 Å². The molecule has 2 heteroatoms. The molecule has 0 radical (unpaired) electrons. The molecule has 6 aromatic carbocycles. The van der Waals surface area contributed by atoms with Crippen LogP contribution in [-0.2, 0) is 5.41 Å². The van der Waals surface area contributed by atoms with Crippen LogP contribution in [0.1, 0.15) is 25.0 Å². The third kappa shape index (κ3) is 4.38. The summed E-state index contributed by atoms with van der Waals surface area (Å²) in [6, 6.07) is 48.1. The third-order valence-electron chi connectivity index (χ3n) is 8.56. The summed E-state index contributed by atoms with van der Waals surface area (Å²) in [7, 11) is 0. The second kappa shape index (κ2) is 8.97.